The number of nitrogens with zero attached hydrogens (tertiary/aromatic N) is 1. The van der Waals surface area contributed by atoms with Crippen LogP contribution in [0, 0.1) is 0 Å². The Kier molecular flexibility index (Phi) is 4.78. The predicted molar refractivity (Wildman–Crippen MR) is 79.2 cm³/mol. The number of rotatable bonds is 3. The second-order valence-electron chi connectivity index (χ2n) is 5.51. The summed E-state index contributed by atoms with van der Waals surface area (Å²) in [6, 6.07) is 9.69. The second-order valence-corrected chi connectivity index (χ2v) is 5.51. The molecule has 1 fully saturated rings. The molecule has 0 aromatic heterocycles. The first-order valence-electron chi connectivity index (χ1n) is 7.30. The highest BCUT2D eigenvalue weighted by atomic mass is 16.5. The van der Waals surface area contributed by atoms with Gasteiger partial charge in [-0.05, 0) is 25.8 Å². The van der Waals surface area contributed by atoms with E-state index < -0.39 is 6.04 Å². The van der Waals surface area contributed by atoms with Crippen LogP contribution in [0.5, 0.6) is 0 Å². The fourth-order valence-electron chi connectivity index (χ4n) is 2.81. The first-order valence-corrected chi connectivity index (χ1v) is 7.30. The summed E-state index contributed by atoms with van der Waals surface area (Å²) in [5, 5.41) is 0. The van der Waals surface area contributed by atoms with Crippen LogP contribution in [0.2, 0.25) is 0 Å². The van der Waals surface area contributed by atoms with Gasteiger partial charge >= 0.3 is 0 Å². The van der Waals surface area contributed by atoms with Crippen LogP contribution >= 0.6 is 0 Å². The highest BCUT2D eigenvalue weighted by Gasteiger charge is 2.38. The largest absolute Gasteiger partial charge is 0.369 e. The van der Waals surface area contributed by atoms with Crippen molar-refractivity contribution in [1.29, 1.82) is 0 Å². The Hall–Kier alpha value is -1.39. The van der Waals surface area contributed by atoms with E-state index in [0.717, 1.165) is 5.56 Å². The zero-order valence-electron chi connectivity index (χ0n) is 12.5. The van der Waals surface area contributed by atoms with Gasteiger partial charge in [-0.25, -0.2) is 0 Å². The number of hydrogen-bond donors (Lipinski definition) is 1. The monoisotopic (exact) mass is 276 g/mol. The highest BCUT2D eigenvalue weighted by molar-refractivity contribution is 5.82. The molecular weight excluding hydrogens is 252 g/mol. The molecule has 0 bridgehead atoms. The van der Waals surface area contributed by atoms with Crippen molar-refractivity contribution in [2.75, 3.05) is 6.61 Å². The number of carbonyl (C=O) groups is 1. The Morgan fingerprint density at radius 3 is 2.65 bits per heavy atom. The van der Waals surface area contributed by atoms with Crippen LogP contribution in [0.25, 0.3) is 0 Å². The third kappa shape index (κ3) is 2.86. The third-order valence-corrected chi connectivity index (χ3v) is 4.01. The quantitative estimate of drug-likeness (QED) is 0.920. The van der Waals surface area contributed by atoms with E-state index in [1.54, 1.807) is 0 Å². The van der Waals surface area contributed by atoms with Crippen molar-refractivity contribution in [2.24, 2.45) is 5.73 Å². The molecule has 0 unspecified atom stereocenters. The Morgan fingerprint density at radius 1 is 1.40 bits per heavy atom. The molecule has 1 aliphatic heterocycles. The van der Waals surface area contributed by atoms with Gasteiger partial charge in [-0.3, -0.25) is 4.79 Å². The molecule has 0 saturated carbocycles. The van der Waals surface area contributed by atoms with Crippen LogP contribution in [0.3, 0.4) is 0 Å². The van der Waals surface area contributed by atoms with Gasteiger partial charge in [0.2, 0.25) is 5.91 Å². The van der Waals surface area contributed by atoms with Gasteiger partial charge in [0.05, 0.1) is 24.7 Å². The zero-order valence-corrected chi connectivity index (χ0v) is 12.5. The molecule has 20 heavy (non-hydrogen) atoms. The molecule has 1 aromatic carbocycles. The van der Waals surface area contributed by atoms with Gasteiger partial charge in [-0.2, -0.15) is 0 Å². The summed E-state index contributed by atoms with van der Waals surface area (Å²) in [7, 11) is 0. The predicted octanol–water partition coefficient (Wildman–Crippen LogP) is 2.10. The number of ether oxygens (including phenoxy) is 1. The Morgan fingerprint density at radius 2 is 2.05 bits per heavy atom. The van der Waals surface area contributed by atoms with E-state index in [0.29, 0.717) is 13.0 Å². The van der Waals surface area contributed by atoms with Crippen molar-refractivity contribution in [2.45, 2.75) is 51.4 Å². The number of carbonyl (C=O) groups excluding carboxylic acids is 1. The van der Waals surface area contributed by atoms with Crippen LogP contribution < -0.4 is 5.73 Å². The summed E-state index contributed by atoms with van der Waals surface area (Å²) < 4.78 is 5.95. The van der Waals surface area contributed by atoms with E-state index >= 15 is 0 Å². The molecule has 1 aromatic rings. The van der Waals surface area contributed by atoms with Crippen LogP contribution in [-0.4, -0.2) is 35.5 Å². The molecule has 0 aliphatic carbocycles. The van der Waals surface area contributed by atoms with Crippen molar-refractivity contribution >= 4 is 5.91 Å². The van der Waals surface area contributed by atoms with Gasteiger partial charge in [0.25, 0.3) is 0 Å². The molecule has 4 nitrogen and oxygen atoms in total. The van der Waals surface area contributed by atoms with Gasteiger partial charge in [0.1, 0.15) is 6.10 Å². The van der Waals surface area contributed by atoms with Gasteiger partial charge in [0, 0.05) is 0 Å². The van der Waals surface area contributed by atoms with Crippen LogP contribution in [0.4, 0.5) is 0 Å². The Labute approximate surface area is 120 Å². The van der Waals surface area contributed by atoms with Crippen molar-refractivity contribution in [3.05, 3.63) is 35.9 Å². The lowest BCUT2D eigenvalue weighted by molar-refractivity contribution is -0.154. The molecule has 2 rings (SSSR count). The average Bonchev–Trinajstić information content (AvgIpc) is 2.47. The molecule has 4 heteroatoms. The number of hydrogen-bond acceptors (Lipinski definition) is 3. The smallest absolute Gasteiger partial charge is 0.240 e. The lowest BCUT2D eigenvalue weighted by Crippen LogP contribution is -2.57. The van der Waals surface area contributed by atoms with Crippen molar-refractivity contribution in [1.82, 2.24) is 4.90 Å². The molecule has 1 saturated heterocycles. The molecule has 0 radical (unpaired) electrons. The fraction of sp³-hybridized carbons (Fsp3) is 0.562. The van der Waals surface area contributed by atoms with Gasteiger partial charge in [-0.1, -0.05) is 37.3 Å². The number of morpholine rings is 1. The first kappa shape index (κ1) is 15.0. The van der Waals surface area contributed by atoms with E-state index in [1.807, 2.05) is 56.0 Å². The van der Waals surface area contributed by atoms with E-state index in [2.05, 4.69) is 0 Å². The molecular formula is C16H24N2O2. The molecule has 0 spiro atoms. The SMILES string of the molecule is CC[C@H](N)C(=O)N1[C@H](C)CO[C@@H](c2ccccc2)[C@H]1C. The minimum Gasteiger partial charge on any atom is -0.369 e. The number of nitrogens with two attached hydrogens (primary N) is 1. The summed E-state index contributed by atoms with van der Waals surface area (Å²) in [6.07, 6.45) is 0.575. The molecule has 1 aliphatic rings. The lowest BCUT2D eigenvalue weighted by atomic mass is 9.97. The highest BCUT2D eigenvalue weighted by Crippen LogP contribution is 2.31. The second kappa shape index (κ2) is 6.37. The summed E-state index contributed by atoms with van der Waals surface area (Å²) >= 11 is 0. The minimum absolute atomic E-state index is 0.00810. The molecule has 4 atom stereocenters. The third-order valence-electron chi connectivity index (χ3n) is 4.01. The molecule has 1 amide bonds. The summed E-state index contributed by atoms with van der Waals surface area (Å²) in [5.74, 6) is 0.0248. The minimum atomic E-state index is -0.422. The van der Waals surface area contributed by atoms with Crippen LogP contribution in [-0.2, 0) is 9.53 Å². The summed E-state index contributed by atoms with van der Waals surface area (Å²) in [4.78, 5) is 14.4. The maximum Gasteiger partial charge on any atom is 0.240 e. The Balaban J connectivity index is 2.22. The normalized spacial score (nSPS) is 28.2. The number of benzene rings is 1. The van der Waals surface area contributed by atoms with Gasteiger partial charge in [0.15, 0.2) is 0 Å². The van der Waals surface area contributed by atoms with Crippen molar-refractivity contribution in [3.8, 4) is 0 Å². The zero-order chi connectivity index (χ0) is 14.7. The maximum atomic E-state index is 12.5. The molecule has 2 N–H and O–H groups in total. The van der Waals surface area contributed by atoms with E-state index in [9.17, 15) is 4.79 Å². The first-order chi connectivity index (χ1) is 9.56. The van der Waals surface area contributed by atoms with Crippen molar-refractivity contribution < 1.29 is 9.53 Å². The van der Waals surface area contributed by atoms with Gasteiger partial charge < -0.3 is 15.4 Å². The standard InChI is InChI=1S/C16H24N2O2/c1-4-14(17)16(19)18-11(2)10-20-15(12(18)3)13-8-6-5-7-9-13/h5-9,11-12,14-15H,4,10,17H2,1-3H3/t11-,12-,14+,15-/m1/s1. The summed E-state index contributed by atoms with van der Waals surface area (Å²) in [5.41, 5.74) is 7.03. The van der Waals surface area contributed by atoms with Crippen LogP contribution in [0.1, 0.15) is 38.9 Å². The average molecular weight is 276 g/mol. The van der Waals surface area contributed by atoms with E-state index in [4.69, 9.17) is 10.5 Å². The van der Waals surface area contributed by atoms with Gasteiger partial charge in [-0.15, -0.1) is 0 Å². The van der Waals surface area contributed by atoms with E-state index in [-0.39, 0.29) is 24.1 Å². The maximum absolute atomic E-state index is 12.5. The lowest BCUT2D eigenvalue weighted by Gasteiger charge is -2.44. The van der Waals surface area contributed by atoms with Crippen molar-refractivity contribution in [3.63, 3.8) is 0 Å². The van der Waals surface area contributed by atoms with E-state index in [1.165, 1.54) is 0 Å². The fourth-order valence-corrected chi connectivity index (χ4v) is 2.81. The number of amides is 1. The van der Waals surface area contributed by atoms with Crippen LogP contribution in [0.15, 0.2) is 30.3 Å². The topological polar surface area (TPSA) is 55.6 Å². The summed E-state index contributed by atoms with van der Waals surface area (Å²) in [6.45, 7) is 6.53. The Bertz CT molecular complexity index is 449. The molecule has 1 heterocycles. The molecule has 110 valence electrons.